The Morgan fingerprint density at radius 2 is 1.79 bits per heavy atom. The summed E-state index contributed by atoms with van der Waals surface area (Å²) in [5.41, 5.74) is 11.1. The topological polar surface area (TPSA) is 3.24 Å². The minimum atomic E-state index is 0.0181. The van der Waals surface area contributed by atoms with Crippen LogP contribution in [0, 0.1) is 0 Å². The fourth-order valence-corrected chi connectivity index (χ4v) is 5.79. The molecule has 0 saturated heterocycles. The molecule has 0 radical (unpaired) electrons. The zero-order chi connectivity index (χ0) is 19.8. The second-order valence-electron chi connectivity index (χ2n) is 8.75. The van der Waals surface area contributed by atoms with Crippen LogP contribution in [0.5, 0.6) is 0 Å². The van der Waals surface area contributed by atoms with Gasteiger partial charge >= 0.3 is 0 Å². The lowest BCUT2D eigenvalue weighted by Gasteiger charge is -2.26. The van der Waals surface area contributed by atoms with Gasteiger partial charge in [-0.1, -0.05) is 72.3 Å². The van der Waals surface area contributed by atoms with Crippen LogP contribution in [0.4, 0.5) is 11.4 Å². The summed E-state index contributed by atoms with van der Waals surface area (Å²) in [6.07, 6.45) is 7.86. The Kier molecular flexibility index (Phi) is 3.56. The van der Waals surface area contributed by atoms with Crippen LogP contribution in [-0.4, -0.2) is 0 Å². The van der Waals surface area contributed by atoms with Crippen LogP contribution in [-0.2, 0) is 5.41 Å². The van der Waals surface area contributed by atoms with E-state index < -0.39 is 0 Å². The molecule has 1 unspecified atom stereocenters. The summed E-state index contributed by atoms with van der Waals surface area (Å²) in [5, 5.41) is 0. The normalized spacial score (nSPS) is 20.0. The van der Waals surface area contributed by atoms with Crippen molar-refractivity contribution in [1.82, 2.24) is 0 Å². The molecule has 0 amide bonds. The van der Waals surface area contributed by atoms with E-state index in [1.165, 1.54) is 44.9 Å². The Bertz CT molecular complexity index is 1230. The van der Waals surface area contributed by atoms with Gasteiger partial charge in [0, 0.05) is 27.2 Å². The number of halogens is 1. The van der Waals surface area contributed by atoms with Crippen molar-refractivity contribution >= 4 is 27.3 Å². The zero-order valence-electron chi connectivity index (χ0n) is 16.6. The van der Waals surface area contributed by atoms with Crippen LogP contribution in [0.2, 0.25) is 0 Å². The van der Waals surface area contributed by atoms with E-state index in [9.17, 15) is 0 Å². The number of anilines is 2. The molecule has 1 nitrogen and oxygen atoms in total. The first-order chi connectivity index (χ1) is 14.1. The largest absolute Gasteiger partial charge is 0.313 e. The van der Waals surface area contributed by atoms with Gasteiger partial charge in [0.05, 0.1) is 5.69 Å². The Balaban J connectivity index is 1.63. The molecule has 2 aliphatic carbocycles. The fourth-order valence-electron chi connectivity index (χ4n) is 5.40. The second-order valence-corrected chi connectivity index (χ2v) is 9.67. The van der Waals surface area contributed by atoms with Gasteiger partial charge in [0.1, 0.15) is 0 Å². The number of hydrogen-bond donors (Lipinski definition) is 0. The smallest absolute Gasteiger partial charge is 0.0501 e. The molecule has 1 atom stereocenters. The summed E-state index contributed by atoms with van der Waals surface area (Å²) >= 11 is 3.66. The van der Waals surface area contributed by atoms with Crippen molar-refractivity contribution in [3.05, 3.63) is 106 Å². The van der Waals surface area contributed by atoms with E-state index in [1.807, 2.05) is 0 Å². The molecule has 29 heavy (non-hydrogen) atoms. The van der Waals surface area contributed by atoms with Gasteiger partial charge in [-0.05, 0) is 70.6 Å². The van der Waals surface area contributed by atoms with Crippen LogP contribution >= 0.6 is 15.9 Å². The summed E-state index contributed by atoms with van der Waals surface area (Å²) in [7, 11) is 0. The van der Waals surface area contributed by atoms with Gasteiger partial charge in [-0.3, -0.25) is 0 Å². The highest BCUT2D eigenvalue weighted by atomic mass is 79.9. The van der Waals surface area contributed by atoms with E-state index in [4.69, 9.17) is 0 Å². The molecular formula is C27H22BrN. The summed E-state index contributed by atoms with van der Waals surface area (Å²) in [6.45, 7) is 4.71. The molecule has 0 spiro atoms. The molecule has 1 aliphatic heterocycles. The lowest BCUT2D eigenvalue weighted by Crippen LogP contribution is -2.17. The van der Waals surface area contributed by atoms with Gasteiger partial charge in [0.25, 0.3) is 0 Å². The molecule has 1 heterocycles. The monoisotopic (exact) mass is 439 g/mol. The first kappa shape index (κ1) is 17.3. The number of fused-ring (bicyclic) bond motifs is 6. The molecule has 3 aliphatic rings. The number of rotatable bonds is 1. The predicted octanol–water partition coefficient (Wildman–Crippen LogP) is 7.83. The highest BCUT2D eigenvalue weighted by Gasteiger charge is 2.41. The van der Waals surface area contributed by atoms with Gasteiger partial charge in [0.2, 0.25) is 0 Å². The lowest BCUT2D eigenvalue weighted by molar-refractivity contribution is 0.660. The van der Waals surface area contributed by atoms with Crippen LogP contribution in [0.15, 0.2) is 89.1 Å². The zero-order valence-corrected chi connectivity index (χ0v) is 18.2. The average molecular weight is 440 g/mol. The van der Waals surface area contributed by atoms with E-state index in [1.54, 1.807) is 0 Å². The third-order valence-electron chi connectivity index (χ3n) is 6.80. The highest BCUT2D eigenvalue weighted by Crippen LogP contribution is 2.56. The second kappa shape index (κ2) is 5.96. The first-order valence-corrected chi connectivity index (χ1v) is 11.1. The number of hydrogen-bond acceptors (Lipinski definition) is 1. The summed E-state index contributed by atoms with van der Waals surface area (Å²) < 4.78 is 1.11. The SMILES string of the molecule is CC1(C)c2ccccc2-c2cc3c(cc21)N(c1cccc(Br)c1)C1=CC=CCC13. The van der Waals surface area contributed by atoms with Crippen molar-refractivity contribution in [2.75, 3.05) is 4.90 Å². The van der Waals surface area contributed by atoms with Gasteiger partial charge in [-0.15, -0.1) is 0 Å². The van der Waals surface area contributed by atoms with Gasteiger partial charge in [0.15, 0.2) is 0 Å². The Morgan fingerprint density at radius 3 is 2.66 bits per heavy atom. The molecule has 0 N–H and O–H groups in total. The third-order valence-corrected chi connectivity index (χ3v) is 7.30. The number of allylic oxidation sites excluding steroid dienone is 4. The van der Waals surface area contributed by atoms with Crippen molar-refractivity contribution in [2.45, 2.75) is 31.6 Å². The maximum Gasteiger partial charge on any atom is 0.0501 e. The maximum atomic E-state index is 3.66. The molecule has 0 aromatic heterocycles. The van der Waals surface area contributed by atoms with Crippen LogP contribution < -0.4 is 4.90 Å². The van der Waals surface area contributed by atoms with Crippen molar-refractivity contribution in [3.63, 3.8) is 0 Å². The van der Waals surface area contributed by atoms with Crippen molar-refractivity contribution < 1.29 is 0 Å². The highest BCUT2D eigenvalue weighted by molar-refractivity contribution is 9.10. The van der Waals surface area contributed by atoms with E-state index in [0.717, 1.165) is 10.9 Å². The van der Waals surface area contributed by atoms with Gasteiger partial charge < -0.3 is 4.90 Å². The number of nitrogens with zero attached hydrogens (tertiary/aromatic N) is 1. The van der Waals surface area contributed by atoms with Crippen LogP contribution in [0.25, 0.3) is 11.1 Å². The quantitative estimate of drug-likeness (QED) is 0.373. The maximum absolute atomic E-state index is 3.66. The van der Waals surface area contributed by atoms with E-state index in [-0.39, 0.29) is 5.41 Å². The minimum absolute atomic E-state index is 0.0181. The van der Waals surface area contributed by atoms with Gasteiger partial charge in [-0.2, -0.15) is 0 Å². The molecule has 6 rings (SSSR count). The van der Waals surface area contributed by atoms with Crippen molar-refractivity contribution in [2.24, 2.45) is 0 Å². The van der Waals surface area contributed by atoms with E-state index in [2.05, 4.69) is 114 Å². The standard InChI is InChI=1S/C27H22BrN/c1-27(2)23-12-5-3-10-19(23)21-15-22-20-11-4-6-13-25(20)29(26(22)16-24(21)27)18-9-7-8-17(28)14-18/h3-10,12-16,20H,11H2,1-2H3. The lowest BCUT2D eigenvalue weighted by atomic mass is 9.81. The molecule has 0 bridgehead atoms. The predicted molar refractivity (Wildman–Crippen MR) is 125 cm³/mol. The third kappa shape index (κ3) is 2.33. The molecule has 0 saturated carbocycles. The van der Waals surface area contributed by atoms with E-state index in [0.29, 0.717) is 5.92 Å². The Morgan fingerprint density at radius 1 is 0.931 bits per heavy atom. The van der Waals surface area contributed by atoms with Crippen LogP contribution in [0.3, 0.4) is 0 Å². The summed E-state index contributed by atoms with van der Waals surface area (Å²) in [4.78, 5) is 2.47. The molecule has 3 aromatic rings. The molecule has 0 fully saturated rings. The molecule has 142 valence electrons. The summed E-state index contributed by atoms with van der Waals surface area (Å²) in [5.74, 6) is 0.426. The first-order valence-electron chi connectivity index (χ1n) is 10.3. The molecular weight excluding hydrogens is 418 g/mol. The number of benzene rings is 3. The fraction of sp³-hybridized carbons (Fsp3) is 0.185. The van der Waals surface area contributed by atoms with Crippen molar-refractivity contribution in [3.8, 4) is 11.1 Å². The Labute approximate surface area is 180 Å². The summed E-state index contributed by atoms with van der Waals surface area (Å²) in [6, 6.07) is 22.5. The molecule has 3 aromatic carbocycles. The minimum Gasteiger partial charge on any atom is -0.313 e. The van der Waals surface area contributed by atoms with Crippen molar-refractivity contribution in [1.29, 1.82) is 0 Å². The van der Waals surface area contributed by atoms with Gasteiger partial charge in [-0.25, -0.2) is 0 Å². The average Bonchev–Trinajstić information content (AvgIpc) is 3.17. The van der Waals surface area contributed by atoms with E-state index >= 15 is 0 Å². The van der Waals surface area contributed by atoms with Crippen LogP contribution in [0.1, 0.15) is 42.9 Å². The molecule has 2 heteroatoms. The Hall–Kier alpha value is -2.58.